The van der Waals surface area contributed by atoms with E-state index in [-0.39, 0.29) is 5.91 Å². The molecule has 1 N–H and O–H groups in total. The Labute approximate surface area is 150 Å². The highest BCUT2D eigenvalue weighted by molar-refractivity contribution is 7.15. The number of amides is 1. The number of nitrogens with one attached hydrogen (secondary N) is 1. The number of nitrogens with zero attached hydrogens (tertiary/aromatic N) is 4. The zero-order valence-electron chi connectivity index (χ0n) is 14.8. The molecule has 3 rings (SSSR count). The second-order valence-electron chi connectivity index (χ2n) is 6.35. The van der Waals surface area contributed by atoms with Gasteiger partial charge in [0.1, 0.15) is 5.01 Å². The Morgan fingerprint density at radius 1 is 1.20 bits per heavy atom. The molecule has 0 aliphatic carbocycles. The van der Waals surface area contributed by atoms with Gasteiger partial charge in [0.25, 0.3) is 5.91 Å². The number of hydrogen-bond acceptors (Lipinski definition) is 5. The Morgan fingerprint density at radius 2 is 1.92 bits per heavy atom. The molecule has 0 bridgehead atoms. The first-order valence-corrected chi connectivity index (χ1v) is 9.02. The van der Waals surface area contributed by atoms with E-state index in [1.165, 1.54) is 11.3 Å². The third-order valence-corrected chi connectivity index (χ3v) is 4.65. The second kappa shape index (κ2) is 7.14. The lowest BCUT2D eigenvalue weighted by Crippen LogP contribution is -2.14. The predicted molar refractivity (Wildman–Crippen MR) is 99.4 cm³/mol. The maximum Gasteiger partial charge on any atom is 0.261 e. The van der Waals surface area contributed by atoms with E-state index in [4.69, 9.17) is 0 Å². The van der Waals surface area contributed by atoms with Crippen LogP contribution in [0, 0.1) is 19.8 Å². The normalized spacial score (nSPS) is 11.1. The summed E-state index contributed by atoms with van der Waals surface area (Å²) in [5, 5.41) is 17.0. The van der Waals surface area contributed by atoms with Gasteiger partial charge in [-0.15, -0.1) is 10.2 Å². The van der Waals surface area contributed by atoms with Crippen LogP contribution in [0.5, 0.6) is 0 Å². The Kier molecular flexibility index (Phi) is 4.94. The summed E-state index contributed by atoms with van der Waals surface area (Å²) < 4.78 is 1.79. The highest BCUT2D eigenvalue weighted by Gasteiger charge is 2.20. The topological polar surface area (TPSA) is 72.7 Å². The van der Waals surface area contributed by atoms with Crippen molar-refractivity contribution >= 4 is 22.4 Å². The van der Waals surface area contributed by atoms with Crippen LogP contribution in [-0.4, -0.2) is 25.9 Å². The van der Waals surface area contributed by atoms with Gasteiger partial charge in [-0.05, 0) is 31.9 Å². The summed E-state index contributed by atoms with van der Waals surface area (Å²) in [5.41, 5.74) is 2.99. The van der Waals surface area contributed by atoms with Crippen molar-refractivity contribution in [2.75, 3.05) is 5.32 Å². The van der Waals surface area contributed by atoms with E-state index in [0.717, 1.165) is 22.8 Å². The van der Waals surface area contributed by atoms with Gasteiger partial charge in [0.05, 0.1) is 22.6 Å². The lowest BCUT2D eigenvalue weighted by molar-refractivity contribution is 0.102. The number of anilines is 1. The monoisotopic (exact) mass is 355 g/mol. The molecule has 1 aromatic carbocycles. The molecule has 7 heteroatoms. The van der Waals surface area contributed by atoms with Crippen LogP contribution in [0.3, 0.4) is 0 Å². The van der Waals surface area contributed by atoms with E-state index in [2.05, 4.69) is 34.5 Å². The molecule has 0 atom stereocenters. The first-order valence-electron chi connectivity index (χ1n) is 8.21. The molecule has 2 heterocycles. The summed E-state index contributed by atoms with van der Waals surface area (Å²) in [7, 11) is 0. The predicted octanol–water partition coefficient (Wildman–Crippen LogP) is 3.79. The van der Waals surface area contributed by atoms with Crippen LogP contribution in [0.1, 0.15) is 40.6 Å². The van der Waals surface area contributed by atoms with Crippen LogP contribution in [0.2, 0.25) is 0 Å². The number of aromatic nitrogens is 4. The molecule has 0 spiro atoms. The molecule has 3 aromatic rings. The summed E-state index contributed by atoms with van der Waals surface area (Å²) in [6, 6.07) is 9.77. The van der Waals surface area contributed by atoms with E-state index in [1.807, 2.05) is 44.2 Å². The van der Waals surface area contributed by atoms with E-state index in [9.17, 15) is 4.79 Å². The minimum Gasteiger partial charge on any atom is -0.296 e. The molecule has 130 valence electrons. The van der Waals surface area contributed by atoms with Gasteiger partial charge in [-0.2, -0.15) is 5.10 Å². The van der Waals surface area contributed by atoms with Gasteiger partial charge in [-0.1, -0.05) is 43.4 Å². The van der Waals surface area contributed by atoms with Crippen LogP contribution >= 0.6 is 11.3 Å². The highest BCUT2D eigenvalue weighted by atomic mass is 32.1. The average molecular weight is 355 g/mol. The number of aryl methyl sites for hydroxylation is 1. The Balaban J connectivity index is 1.83. The highest BCUT2D eigenvalue weighted by Crippen LogP contribution is 2.22. The van der Waals surface area contributed by atoms with Crippen molar-refractivity contribution in [3.8, 4) is 5.69 Å². The first kappa shape index (κ1) is 17.3. The third kappa shape index (κ3) is 3.76. The van der Waals surface area contributed by atoms with Crippen LogP contribution < -0.4 is 5.32 Å². The molecule has 0 aliphatic heterocycles. The van der Waals surface area contributed by atoms with E-state index in [1.54, 1.807) is 4.68 Å². The maximum atomic E-state index is 12.7. The van der Waals surface area contributed by atoms with Crippen molar-refractivity contribution in [1.29, 1.82) is 0 Å². The van der Waals surface area contributed by atoms with Crippen LogP contribution in [0.4, 0.5) is 5.13 Å². The summed E-state index contributed by atoms with van der Waals surface area (Å²) in [6.45, 7) is 7.99. The van der Waals surface area contributed by atoms with Crippen LogP contribution in [0.15, 0.2) is 30.3 Å². The zero-order chi connectivity index (χ0) is 18.0. The molecule has 0 saturated heterocycles. The Morgan fingerprint density at radius 3 is 2.60 bits per heavy atom. The molecule has 0 aliphatic rings. The third-order valence-electron chi connectivity index (χ3n) is 3.79. The van der Waals surface area contributed by atoms with Gasteiger partial charge in [0, 0.05) is 6.42 Å². The van der Waals surface area contributed by atoms with Crippen molar-refractivity contribution in [3.05, 3.63) is 52.3 Å². The summed E-state index contributed by atoms with van der Waals surface area (Å²) >= 11 is 1.42. The number of benzene rings is 1. The number of carbonyl (C=O) groups excluding carboxylic acids is 1. The van der Waals surface area contributed by atoms with Crippen molar-refractivity contribution in [1.82, 2.24) is 20.0 Å². The molecule has 0 unspecified atom stereocenters. The second-order valence-corrected chi connectivity index (χ2v) is 7.41. The molecule has 0 fully saturated rings. The smallest absolute Gasteiger partial charge is 0.261 e. The minimum absolute atomic E-state index is 0.204. The van der Waals surface area contributed by atoms with Crippen molar-refractivity contribution in [3.63, 3.8) is 0 Å². The van der Waals surface area contributed by atoms with Crippen molar-refractivity contribution in [2.45, 2.75) is 34.1 Å². The number of rotatable bonds is 5. The summed E-state index contributed by atoms with van der Waals surface area (Å²) in [6.07, 6.45) is 0.859. The lowest BCUT2D eigenvalue weighted by Gasteiger charge is -2.05. The molecule has 1 amide bonds. The van der Waals surface area contributed by atoms with Crippen molar-refractivity contribution in [2.24, 2.45) is 5.92 Å². The molecule has 6 nitrogen and oxygen atoms in total. The standard InChI is InChI=1S/C18H21N5OS/c1-11(2)10-15-20-21-18(25-15)19-17(24)16-12(3)22-23(13(16)4)14-8-6-5-7-9-14/h5-9,11H,10H2,1-4H3,(H,19,21,24). The Hall–Kier alpha value is -2.54. The molecule has 25 heavy (non-hydrogen) atoms. The van der Waals surface area contributed by atoms with Gasteiger partial charge in [-0.25, -0.2) is 4.68 Å². The van der Waals surface area contributed by atoms with E-state index < -0.39 is 0 Å². The van der Waals surface area contributed by atoms with Gasteiger partial charge in [-0.3, -0.25) is 10.1 Å². The van der Waals surface area contributed by atoms with Crippen LogP contribution in [-0.2, 0) is 6.42 Å². The quantitative estimate of drug-likeness (QED) is 0.756. The first-order chi connectivity index (χ1) is 12.0. The average Bonchev–Trinajstić information content (AvgIpc) is 3.11. The lowest BCUT2D eigenvalue weighted by atomic mass is 10.1. The number of para-hydroxylation sites is 1. The fraction of sp³-hybridized carbons (Fsp3) is 0.333. The minimum atomic E-state index is -0.204. The summed E-state index contributed by atoms with van der Waals surface area (Å²) in [4.78, 5) is 12.7. The largest absolute Gasteiger partial charge is 0.296 e. The SMILES string of the molecule is Cc1nn(-c2ccccc2)c(C)c1C(=O)Nc1nnc(CC(C)C)s1. The van der Waals surface area contributed by atoms with Gasteiger partial charge in [0.15, 0.2) is 0 Å². The van der Waals surface area contributed by atoms with Gasteiger partial charge in [0.2, 0.25) is 5.13 Å². The molecule has 0 radical (unpaired) electrons. The zero-order valence-corrected chi connectivity index (χ0v) is 15.6. The number of hydrogen-bond donors (Lipinski definition) is 1. The summed E-state index contributed by atoms with van der Waals surface area (Å²) in [5.74, 6) is 0.300. The van der Waals surface area contributed by atoms with Gasteiger partial charge < -0.3 is 0 Å². The van der Waals surface area contributed by atoms with E-state index in [0.29, 0.717) is 22.3 Å². The van der Waals surface area contributed by atoms with E-state index >= 15 is 0 Å². The maximum absolute atomic E-state index is 12.7. The molecular formula is C18H21N5OS. The molecule has 0 saturated carbocycles. The van der Waals surface area contributed by atoms with Gasteiger partial charge >= 0.3 is 0 Å². The molecular weight excluding hydrogens is 334 g/mol. The Bertz CT molecular complexity index is 882. The fourth-order valence-electron chi connectivity index (χ4n) is 2.69. The molecule has 2 aromatic heterocycles. The van der Waals surface area contributed by atoms with Crippen molar-refractivity contribution < 1.29 is 4.79 Å². The van der Waals surface area contributed by atoms with Crippen LogP contribution in [0.25, 0.3) is 5.69 Å². The number of carbonyl (C=O) groups is 1. The fourth-order valence-corrected chi connectivity index (χ4v) is 3.63.